The van der Waals surface area contributed by atoms with Gasteiger partial charge in [0.2, 0.25) is 0 Å². The molecule has 0 fully saturated rings. The molecular formula is C43H30N4. The van der Waals surface area contributed by atoms with Crippen LogP contribution < -0.4 is 0 Å². The second-order valence-corrected chi connectivity index (χ2v) is 12.0. The van der Waals surface area contributed by atoms with E-state index in [1.165, 1.54) is 16.4 Å². The van der Waals surface area contributed by atoms with Crippen LogP contribution >= 0.6 is 0 Å². The van der Waals surface area contributed by atoms with Gasteiger partial charge in [-0.05, 0) is 42.3 Å². The number of pyridine rings is 1. The molecule has 1 unspecified atom stereocenters. The third-order valence-corrected chi connectivity index (χ3v) is 9.09. The monoisotopic (exact) mass is 602 g/mol. The molecule has 0 radical (unpaired) electrons. The SMILES string of the molecule is C1=CC(c2nc3ccccc3c3c2c2ccccc2n3-c2ccccc2)=CC(c2cc(-c3ccccc3)nc(-c3ccccc3)n2)C1. The minimum atomic E-state index is 0.0636. The summed E-state index contributed by atoms with van der Waals surface area (Å²) in [5.74, 6) is 0.803. The van der Waals surface area contributed by atoms with Crippen molar-refractivity contribution < 1.29 is 0 Å². The average molecular weight is 603 g/mol. The molecule has 1 aliphatic rings. The highest BCUT2D eigenvalue weighted by molar-refractivity contribution is 6.21. The minimum Gasteiger partial charge on any atom is -0.308 e. The Balaban J connectivity index is 1.27. The molecule has 5 aromatic carbocycles. The number of benzene rings is 5. The molecule has 0 bridgehead atoms. The molecule has 0 amide bonds. The Morgan fingerprint density at radius 1 is 0.596 bits per heavy atom. The Morgan fingerprint density at radius 2 is 1.26 bits per heavy atom. The summed E-state index contributed by atoms with van der Waals surface area (Å²) >= 11 is 0. The van der Waals surface area contributed by atoms with E-state index in [0.717, 1.165) is 68.0 Å². The summed E-state index contributed by atoms with van der Waals surface area (Å²) in [6.07, 6.45) is 7.72. The predicted molar refractivity (Wildman–Crippen MR) is 193 cm³/mol. The smallest absolute Gasteiger partial charge is 0.160 e. The molecular weight excluding hydrogens is 573 g/mol. The summed E-state index contributed by atoms with van der Waals surface area (Å²) in [5, 5.41) is 3.49. The van der Waals surface area contributed by atoms with Gasteiger partial charge in [-0.2, -0.15) is 0 Å². The van der Waals surface area contributed by atoms with Gasteiger partial charge in [-0.25, -0.2) is 15.0 Å². The number of rotatable bonds is 5. The zero-order valence-electron chi connectivity index (χ0n) is 25.7. The van der Waals surface area contributed by atoms with Crippen molar-refractivity contribution in [1.29, 1.82) is 0 Å². The Bertz CT molecular complexity index is 2420. The maximum atomic E-state index is 5.38. The Labute approximate surface area is 273 Å². The number of aromatic nitrogens is 4. The lowest BCUT2D eigenvalue weighted by molar-refractivity contribution is 0.814. The molecule has 9 rings (SSSR count). The van der Waals surface area contributed by atoms with Crippen molar-refractivity contribution in [2.75, 3.05) is 0 Å². The fourth-order valence-electron chi connectivity index (χ4n) is 6.91. The van der Waals surface area contributed by atoms with Crippen molar-refractivity contribution in [3.8, 4) is 28.3 Å². The number of para-hydroxylation sites is 3. The van der Waals surface area contributed by atoms with Crippen LogP contribution in [0.15, 0.2) is 164 Å². The van der Waals surface area contributed by atoms with E-state index in [-0.39, 0.29) is 5.92 Å². The van der Waals surface area contributed by atoms with E-state index in [1.54, 1.807) is 0 Å². The third-order valence-electron chi connectivity index (χ3n) is 9.09. The molecule has 4 heteroatoms. The van der Waals surface area contributed by atoms with Crippen molar-refractivity contribution >= 4 is 38.3 Å². The van der Waals surface area contributed by atoms with Crippen LogP contribution in [0.2, 0.25) is 0 Å². The summed E-state index contributed by atoms with van der Waals surface area (Å²) < 4.78 is 2.39. The molecule has 4 nitrogen and oxygen atoms in total. The fourth-order valence-corrected chi connectivity index (χ4v) is 6.91. The minimum absolute atomic E-state index is 0.0636. The second kappa shape index (κ2) is 11.3. The van der Waals surface area contributed by atoms with Crippen LogP contribution in [0, 0.1) is 0 Å². The molecule has 8 aromatic rings. The predicted octanol–water partition coefficient (Wildman–Crippen LogP) is 10.6. The number of fused-ring (bicyclic) bond motifs is 5. The van der Waals surface area contributed by atoms with Gasteiger partial charge in [0.05, 0.1) is 33.6 Å². The number of hydrogen-bond acceptors (Lipinski definition) is 3. The molecule has 222 valence electrons. The molecule has 0 saturated heterocycles. The van der Waals surface area contributed by atoms with Crippen LogP contribution in [-0.2, 0) is 0 Å². The first-order chi connectivity index (χ1) is 23.3. The van der Waals surface area contributed by atoms with Gasteiger partial charge in [0.25, 0.3) is 0 Å². The van der Waals surface area contributed by atoms with E-state index in [9.17, 15) is 0 Å². The van der Waals surface area contributed by atoms with E-state index < -0.39 is 0 Å². The lowest BCUT2D eigenvalue weighted by atomic mass is 9.89. The van der Waals surface area contributed by atoms with Crippen molar-refractivity contribution in [3.63, 3.8) is 0 Å². The van der Waals surface area contributed by atoms with Crippen molar-refractivity contribution in [1.82, 2.24) is 19.5 Å². The highest BCUT2D eigenvalue weighted by atomic mass is 15.0. The van der Waals surface area contributed by atoms with Gasteiger partial charge in [-0.15, -0.1) is 0 Å². The van der Waals surface area contributed by atoms with Crippen molar-refractivity contribution in [2.45, 2.75) is 12.3 Å². The highest BCUT2D eigenvalue weighted by Gasteiger charge is 2.23. The molecule has 1 aliphatic carbocycles. The van der Waals surface area contributed by atoms with Crippen LogP contribution in [-0.4, -0.2) is 19.5 Å². The maximum Gasteiger partial charge on any atom is 0.160 e. The number of allylic oxidation sites excluding steroid dienone is 4. The largest absolute Gasteiger partial charge is 0.308 e. The molecule has 0 spiro atoms. The van der Waals surface area contributed by atoms with Gasteiger partial charge in [0.15, 0.2) is 5.82 Å². The lowest BCUT2D eigenvalue weighted by Gasteiger charge is -2.19. The third kappa shape index (κ3) is 4.74. The van der Waals surface area contributed by atoms with Crippen LogP contribution in [0.3, 0.4) is 0 Å². The molecule has 3 heterocycles. The summed E-state index contributed by atoms with van der Waals surface area (Å²) in [6.45, 7) is 0. The van der Waals surface area contributed by atoms with Crippen molar-refractivity contribution in [2.24, 2.45) is 0 Å². The maximum absolute atomic E-state index is 5.38. The first-order valence-electron chi connectivity index (χ1n) is 16.1. The van der Waals surface area contributed by atoms with E-state index in [4.69, 9.17) is 15.0 Å². The summed E-state index contributed by atoms with van der Waals surface area (Å²) in [5.41, 5.74) is 10.6. The van der Waals surface area contributed by atoms with Gasteiger partial charge in [0, 0.05) is 38.9 Å². The molecule has 47 heavy (non-hydrogen) atoms. The fraction of sp³-hybridized carbons (Fsp3) is 0.0465. The Kier molecular flexibility index (Phi) is 6.57. The van der Waals surface area contributed by atoms with Crippen LogP contribution in [0.5, 0.6) is 0 Å². The standard InChI is InChI=1S/C43H30N4/c1-4-15-29(16-5-1)37-28-38(46-43(45-37)30-17-6-2-7-18-30)31-19-14-20-32(27-31)41-40-35-24-11-13-26-39(35)47(33-21-8-3-9-22-33)42(40)34-23-10-12-25-36(34)44-41/h1-18,20-28,31H,19H2. The van der Waals surface area contributed by atoms with Crippen LogP contribution in [0.1, 0.15) is 23.7 Å². The summed E-state index contributed by atoms with van der Waals surface area (Å²) in [6, 6.07) is 50.6. The highest BCUT2D eigenvalue weighted by Crippen LogP contribution is 2.42. The van der Waals surface area contributed by atoms with Gasteiger partial charge < -0.3 is 4.57 Å². The second-order valence-electron chi connectivity index (χ2n) is 12.0. The van der Waals surface area contributed by atoms with E-state index in [2.05, 4.69) is 144 Å². The first kappa shape index (κ1) is 27.2. The average Bonchev–Trinajstić information content (AvgIpc) is 3.51. The summed E-state index contributed by atoms with van der Waals surface area (Å²) in [4.78, 5) is 15.6. The van der Waals surface area contributed by atoms with Gasteiger partial charge in [-0.3, -0.25) is 0 Å². The quantitative estimate of drug-likeness (QED) is 0.197. The van der Waals surface area contributed by atoms with Crippen molar-refractivity contribution in [3.05, 3.63) is 175 Å². The molecule has 0 N–H and O–H groups in total. The number of nitrogens with zero attached hydrogens (tertiary/aromatic N) is 4. The van der Waals surface area contributed by atoms with Crippen LogP contribution in [0.25, 0.3) is 66.6 Å². The number of hydrogen-bond donors (Lipinski definition) is 0. The topological polar surface area (TPSA) is 43.6 Å². The van der Waals surface area contributed by atoms with Gasteiger partial charge >= 0.3 is 0 Å². The summed E-state index contributed by atoms with van der Waals surface area (Å²) in [7, 11) is 0. The van der Waals surface area contributed by atoms with E-state index in [1.807, 2.05) is 24.3 Å². The van der Waals surface area contributed by atoms with Gasteiger partial charge in [-0.1, -0.05) is 133 Å². The first-order valence-corrected chi connectivity index (χ1v) is 16.1. The molecule has 3 aromatic heterocycles. The molecule has 0 saturated carbocycles. The van der Waals surface area contributed by atoms with Crippen LogP contribution in [0.4, 0.5) is 0 Å². The molecule has 1 atom stereocenters. The Hall–Kier alpha value is -6.13. The Morgan fingerprint density at radius 3 is 2.04 bits per heavy atom. The van der Waals surface area contributed by atoms with E-state index >= 15 is 0 Å². The zero-order valence-corrected chi connectivity index (χ0v) is 25.7. The molecule has 0 aliphatic heterocycles. The normalized spacial score (nSPS) is 14.6. The zero-order chi connectivity index (χ0) is 31.2. The lowest BCUT2D eigenvalue weighted by Crippen LogP contribution is -2.06. The van der Waals surface area contributed by atoms with E-state index in [0.29, 0.717) is 0 Å². The van der Waals surface area contributed by atoms with Gasteiger partial charge in [0.1, 0.15) is 0 Å².